The highest BCUT2D eigenvalue weighted by molar-refractivity contribution is 7.18. The summed E-state index contributed by atoms with van der Waals surface area (Å²) < 4.78 is 0. The molecule has 0 unspecified atom stereocenters. The van der Waals surface area contributed by atoms with E-state index in [4.69, 9.17) is 5.73 Å². The van der Waals surface area contributed by atoms with Crippen LogP contribution in [-0.4, -0.2) is 16.9 Å². The van der Waals surface area contributed by atoms with Gasteiger partial charge in [-0.25, -0.2) is 4.98 Å². The molecule has 3 N–H and O–H groups in total. The maximum Gasteiger partial charge on any atom is 0.243 e. The maximum absolute atomic E-state index is 12.0. The Labute approximate surface area is 145 Å². The van der Waals surface area contributed by atoms with Crippen LogP contribution in [0.5, 0.6) is 0 Å². The molecule has 0 bridgehead atoms. The van der Waals surface area contributed by atoms with Crippen molar-refractivity contribution in [3.05, 3.63) is 21.9 Å². The molecule has 0 aliphatic heterocycles. The van der Waals surface area contributed by atoms with Gasteiger partial charge in [0.1, 0.15) is 0 Å². The molecule has 2 aromatic rings. The molecule has 0 aliphatic rings. The summed E-state index contributed by atoms with van der Waals surface area (Å²) in [6, 6.07) is 3.66. The number of hydrogen-bond acceptors (Lipinski definition) is 5. The fraction of sp³-hybridized carbons (Fsp3) is 0.467. The molecule has 0 fully saturated rings. The van der Waals surface area contributed by atoms with Crippen LogP contribution in [0, 0.1) is 19.8 Å². The lowest BCUT2D eigenvalue weighted by molar-refractivity contribution is -0.117. The summed E-state index contributed by atoms with van der Waals surface area (Å²) in [6.07, 6.45) is 0.674. The van der Waals surface area contributed by atoms with Gasteiger partial charge in [-0.2, -0.15) is 0 Å². The predicted molar refractivity (Wildman–Crippen MR) is 98.2 cm³/mol. The van der Waals surface area contributed by atoms with Gasteiger partial charge in [-0.15, -0.1) is 35.1 Å². The molecule has 0 radical (unpaired) electrons. The Kier molecular flexibility index (Phi) is 6.99. The first-order chi connectivity index (χ1) is 9.86. The monoisotopic (exact) mass is 359 g/mol. The molecule has 22 heavy (non-hydrogen) atoms. The van der Waals surface area contributed by atoms with Crippen molar-refractivity contribution < 1.29 is 4.79 Å². The van der Waals surface area contributed by atoms with Gasteiger partial charge in [0, 0.05) is 9.75 Å². The number of aromatic nitrogens is 1. The van der Waals surface area contributed by atoms with Gasteiger partial charge in [0.15, 0.2) is 5.13 Å². The fourth-order valence-electron chi connectivity index (χ4n) is 2.05. The minimum absolute atomic E-state index is 0. The molecule has 0 saturated heterocycles. The SMILES string of the molecule is Cc1ccc(-c2nc(NC(=O)[C@@H](N)CC(C)C)sc2C)s1.Cl. The maximum atomic E-state index is 12.0. The molecule has 1 atom stereocenters. The molecule has 0 saturated carbocycles. The second-order valence-corrected chi connectivity index (χ2v) is 8.05. The lowest BCUT2D eigenvalue weighted by atomic mass is 10.0. The van der Waals surface area contributed by atoms with Crippen molar-refractivity contribution in [3.63, 3.8) is 0 Å². The quantitative estimate of drug-likeness (QED) is 0.839. The van der Waals surface area contributed by atoms with Crippen molar-refractivity contribution in [2.45, 2.75) is 40.2 Å². The van der Waals surface area contributed by atoms with Gasteiger partial charge in [0.2, 0.25) is 5.91 Å². The van der Waals surface area contributed by atoms with Crippen LogP contribution in [0.2, 0.25) is 0 Å². The van der Waals surface area contributed by atoms with Crippen LogP contribution >= 0.6 is 35.1 Å². The average Bonchev–Trinajstić information content (AvgIpc) is 2.94. The molecule has 122 valence electrons. The molecular weight excluding hydrogens is 338 g/mol. The topological polar surface area (TPSA) is 68.0 Å². The first-order valence-corrected chi connectivity index (χ1v) is 8.60. The van der Waals surface area contributed by atoms with Crippen LogP contribution in [0.3, 0.4) is 0 Å². The Hall–Kier alpha value is -0.950. The van der Waals surface area contributed by atoms with Gasteiger partial charge in [-0.1, -0.05) is 13.8 Å². The van der Waals surface area contributed by atoms with Crippen molar-refractivity contribution in [3.8, 4) is 10.6 Å². The Morgan fingerprint density at radius 2 is 2.00 bits per heavy atom. The number of anilines is 1. The van der Waals surface area contributed by atoms with E-state index >= 15 is 0 Å². The van der Waals surface area contributed by atoms with Crippen LogP contribution in [0.25, 0.3) is 10.6 Å². The third-order valence-corrected chi connectivity index (χ3v) is 4.96. The molecule has 2 heterocycles. The van der Waals surface area contributed by atoms with E-state index in [1.165, 1.54) is 16.2 Å². The van der Waals surface area contributed by atoms with Crippen LogP contribution in [-0.2, 0) is 4.79 Å². The van der Waals surface area contributed by atoms with E-state index in [0.717, 1.165) is 15.4 Å². The van der Waals surface area contributed by atoms with Crippen molar-refractivity contribution in [2.24, 2.45) is 11.7 Å². The Morgan fingerprint density at radius 1 is 1.32 bits per heavy atom. The van der Waals surface area contributed by atoms with Crippen LogP contribution in [0.1, 0.15) is 30.0 Å². The number of nitrogens with one attached hydrogen (secondary N) is 1. The zero-order valence-corrected chi connectivity index (χ0v) is 15.6. The number of nitrogens with zero attached hydrogens (tertiary/aromatic N) is 1. The number of aryl methyl sites for hydroxylation is 2. The summed E-state index contributed by atoms with van der Waals surface area (Å²) in [7, 11) is 0. The van der Waals surface area contributed by atoms with E-state index in [2.05, 4.69) is 43.2 Å². The summed E-state index contributed by atoms with van der Waals surface area (Å²) in [4.78, 5) is 20.1. The number of thiazole rings is 1. The largest absolute Gasteiger partial charge is 0.320 e. The van der Waals surface area contributed by atoms with Crippen molar-refractivity contribution in [1.29, 1.82) is 0 Å². The molecule has 1 amide bonds. The number of nitrogens with two attached hydrogens (primary N) is 1. The highest BCUT2D eigenvalue weighted by Crippen LogP contribution is 2.34. The Morgan fingerprint density at radius 3 is 2.55 bits per heavy atom. The summed E-state index contributed by atoms with van der Waals surface area (Å²) in [6.45, 7) is 8.20. The highest BCUT2D eigenvalue weighted by atomic mass is 35.5. The molecule has 0 aliphatic carbocycles. The summed E-state index contributed by atoms with van der Waals surface area (Å²) in [5.74, 6) is 0.236. The van der Waals surface area contributed by atoms with Crippen molar-refractivity contribution in [1.82, 2.24) is 4.98 Å². The van der Waals surface area contributed by atoms with Gasteiger partial charge in [-0.05, 0) is 38.3 Å². The number of thiophene rings is 1. The first-order valence-electron chi connectivity index (χ1n) is 6.97. The standard InChI is InChI=1S/C15H21N3OS2.ClH/c1-8(2)7-11(16)14(19)18-15-17-13(10(4)21-15)12-6-5-9(3)20-12;/h5-6,8,11H,7,16H2,1-4H3,(H,17,18,19);1H/t11-;/m0./s1. The molecule has 2 rings (SSSR count). The van der Waals surface area contributed by atoms with E-state index < -0.39 is 6.04 Å². The lowest BCUT2D eigenvalue weighted by Crippen LogP contribution is -2.36. The van der Waals surface area contributed by atoms with E-state index in [9.17, 15) is 4.79 Å². The minimum Gasteiger partial charge on any atom is -0.320 e. The molecule has 0 spiro atoms. The minimum atomic E-state index is -0.485. The average molecular weight is 360 g/mol. The smallest absolute Gasteiger partial charge is 0.243 e. The first kappa shape index (κ1) is 19.1. The van der Waals surface area contributed by atoms with Crippen molar-refractivity contribution >= 4 is 46.1 Å². The van der Waals surface area contributed by atoms with Gasteiger partial charge >= 0.3 is 0 Å². The lowest BCUT2D eigenvalue weighted by Gasteiger charge is -2.12. The van der Waals surface area contributed by atoms with Gasteiger partial charge < -0.3 is 11.1 Å². The second-order valence-electron chi connectivity index (χ2n) is 5.56. The Bertz CT molecular complexity index is 637. The van der Waals surface area contributed by atoms with Crippen LogP contribution in [0.4, 0.5) is 5.13 Å². The fourth-order valence-corrected chi connectivity index (χ4v) is 3.86. The van der Waals surface area contributed by atoms with Crippen LogP contribution < -0.4 is 11.1 Å². The third-order valence-electron chi connectivity index (χ3n) is 3.06. The number of hydrogen-bond donors (Lipinski definition) is 2. The number of amides is 1. The third kappa shape index (κ3) is 4.78. The zero-order valence-electron chi connectivity index (χ0n) is 13.2. The summed E-state index contributed by atoms with van der Waals surface area (Å²) >= 11 is 3.20. The molecule has 0 aromatic carbocycles. The molecule has 2 aromatic heterocycles. The van der Waals surface area contributed by atoms with Crippen molar-refractivity contribution in [2.75, 3.05) is 5.32 Å². The summed E-state index contributed by atoms with van der Waals surface area (Å²) in [5.41, 5.74) is 6.84. The molecular formula is C15H22ClN3OS2. The van der Waals surface area contributed by atoms with Gasteiger partial charge in [0.05, 0.1) is 16.6 Å². The number of rotatable bonds is 5. The van der Waals surface area contributed by atoms with E-state index in [1.54, 1.807) is 11.3 Å². The van der Waals surface area contributed by atoms with Gasteiger partial charge in [-0.3, -0.25) is 4.79 Å². The van der Waals surface area contributed by atoms with E-state index in [-0.39, 0.29) is 18.3 Å². The molecule has 4 nitrogen and oxygen atoms in total. The normalized spacial score (nSPS) is 12.1. The number of halogens is 1. The zero-order chi connectivity index (χ0) is 15.6. The van der Waals surface area contributed by atoms with E-state index in [1.807, 2.05) is 6.92 Å². The molecule has 7 heteroatoms. The summed E-state index contributed by atoms with van der Waals surface area (Å²) in [5, 5.41) is 3.46. The Balaban J connectivity index is 0.00000242. The number of carbonyl (C=O) groups excluding carboxylic acids is 1. The van der Waals surface area contributed by atoms with Gasteiger partial charge in [0.25, 0.3) is 0 Å². The number of carbonyl (C=O) groups is 1. The van der Waals surface area contributed by atoms with E-state index in [0.29, 0.717) is 17.5 Å². The second kappa shape index (κ2) is 8.06. The van der Waals surface area contributed by atoms with Crippen LogP contribution in [0.15, 0.2) is 12.1 Å². The highest BCUT2D eigenvalue weighted by Gasteiger charge is 2.18. The predicted octanol–water partition coefficient (Wildman–Crippen LogP) is 4.22.